The Morgan fingerprint density at radius 2 is 1.60 bits per heavy atom. The first-order valence-corrected chi connectivity index (χ1v) is 6.67. The first-order chi connectivity index (χ1) is 9.66. The molecule has 20 heavy (non-hydrogen) atoms. The van der Waals surface area contributed by atoms with E-state index < -0.39 is 5.97 Å². The van der Waals surface area contributed by atoms with E-state index >= 15 is 0 Å². The molecule has 0 aliphatic heterocycles. The predicted molar refractivity (Wildman–Crippen MR) is 80.7 cm³/mol. The van der Waals surface area contributed by atoms with E-state index in [1.165, 1.54) is 5.56 Å². The summed E-state index contributed by atoms with van der Waals surface area (Å²) in [5, 5.41) is 9.08. The summed E-state index contributed by atoms with van der Waals surface area (Å²) in [7, 11) is 0. The van der Waals surface area contributed by atoms with Crippen molar-refractivity contribution < 1.29 is 9.90 Å². The van der Waals surface area contributed by atoms with Crippen LogP contribution in [0.2, 0.25) is 0 Å². The van der Waals surface area contributed by atoms with Gasteiger partial charge in [-0.2, -0.15) is 0 Å². The topological polar surface area (TPSA) is 37.3 Å². The number of carboxylic acid groups (broad SMARTS) is 1. The van der Waals surface area contributed by atoms with Crippen LogP contribution in [0.3, 0.4) is 0 Å². The maximum absolute atomic E-state index is 11.1. The SMILES string of the molecule is C/C(=C\C(Cc1ccccc1)c1ccccc1)C(=O)O. The summed E-state index contributed by atoms with van der Waals surface area (Å²) in [5.74, 6) is -0.784. The highest BCUT2D eigenvalue weighted by Crippen LogP contribution is 2.23. The van der Waals surface area contributed by atoms with Gasteiger partial charge in [-0.25, -0.2) is 4.79 Å². The number of allylic oxidation sites excluding steroid dienone is 1. The fourth-order valence-corrected chi connectivity index (χ4v) is 2.21. The zero-order valence-electron chi connectivity index (χ0n) is 11.5. The summed E-state index contributed by atoms with van der Waals surface area (Å²) in [6.45, 7) is 1.64. The number of hydrogen-bond acceptors (Lipinski definition) is 1. The Morgan fingerprint density at radius 3 is 2.15 bits per heavy atom. The van der Waals surface area contributed by atoms with Gasteiger partial charge in [0, 0.05) is 11.5 Å². The van der Waals surface area contributed by atoms with E-state index in [9.17, 15) is 4.79 Å². The van der Waals surface area contributed by atoms with Crippen LogP contribution < -0.4 is 0 Å². The van der Waals surface area contributed by atoms with Crippen LogP contribution in [0.4, 0.5) is 0 Å². The summed E-state index contributed by atoms with van der Waals surface area (Å²) < 4.78 is 0. The summed E-state index contributed by atoms with van der Waals surface area (Å²) in [5.41, 5.74) is 2.72. The molecule has 2 rings (SSSR count). The van der Waals surface area contributed by atoms with Crippen molar-refractivity contribution in [2.75, 3.05) is 0 Å². The van der Waals surface area contributed by atoms with Crippen molar-refractivity contribution in [3.05, 3.63) is 83.4 Å². The van der Waals surface area contributed by atoms with E-state index in [4.69, 9.17) is 5.11 Å². The molecule has 102 valence electrons. The Kier molecular flexibility index (Phi) is 4.72. The molecule has 0 aliphatic carbocycles. The van der Waals surface area contributed by atoms with Gasteiger partial charge in [-0.1, -0.05) is 66.7 Å². The number of hydrogen-bond donors (Lipinski definition) is 1. The van der Waals surface area contributed by atoms with Crippen molar-refractivity contribution in [2.45, 2.75) is 19.3 Å². The number of rotatable bonds is 5. The van der Waals surface area contributed by atoms with E-state index in [1.807, 2.05) is 54.6 Å². The van der Waals surface area contributed by atoms with Gasteiger partial charge in [-0.05, 0) is 24.5 Å². The second kappa shape index (κ2) is 6.71. The van der Waals surface area contributed by atoms with Crippen LogP contribution in [0, 0.1) is 0 Å². The largest absolute Gasteiger partial charge is 0.478 e. The lowest BCUT2D eigenvalue weighted by molar-refractivity contribution is -0.132. The average molecular weight is 266 g/mol. The molecule has 2 nitrogen and oxygen atoms in total. The molecule has 1 unspecified atom stereocenters. The smallest absolute Gasteiger partial charge is 0.330 e. The Balaban J connectivity index is 2.30. The minimum Gasteiger partial charge on any atom is -0.478 e. The standard InChI is InChI=1S/C18H18O2/c1-14(18(19)20)12-17(16-10-6-3-7-11-16)13-15-8-4-2-5-9-15/h2-12,17H,13H2,1H3,(H,19,20)/b14-12+. The maximum Gasteiger partial charge on any atom is 0.330 e. The average Bonchev–Trinajstić information content (AvgIpc) is 2.48. The Hall–Kier alpha value is -2.35. The minimum absolute atomic E-state index is 0.0784. The number of carboxylic acids is 1. The maximum atomic E-state index is 11.1. The zero-order chi connectivity index (χ0) is 14.4. The van der Waals surface area contributed by atoms with Crippen molar-refractivity contribution in [1.29, 1.82) is 0 Å². The molecule has 2 heteroatoms. The van der Waals surface area contributed by atoms with Crippen LogP contribution in [0.5, 0.6) is 0 Å². The Labute approximate surface area is 119 Å². The second-order valence-electron chi connectivity index (χ2n) is 4.86. The normalized spacial score (nSPS) is 12.9. The van der Waals surface area contributed by atoms with Crippen LogP contribution >= 0.6 is 0 Å². The molecule has 1 N–H and O–H groups in total. The molecule has 0 fully saturated rings. The number of aliphatic carboxylic acids is 1. The highest BCUT2D eigenvalue weighted by molar-refractivity contribution is 5.86. The molecule has 2 aromatic carbocycles. The quantitative estimate of drug-likeness (QED) is 0.829. The fraction of sp³-hybridized carbons (Fsp3) is 0.167. The first-order valence-electron chi connectivity index (χ1n) is 6.67. The van der Waals surface area contributed by atoms with Crippen molar-refractivity contribution in [3.8, 4) is 0 Å². The van der Waals surface area contributed by atoms with Gasteiger partial charge in [0.25, 0.3) is 0 Å². The molecule has 0 amide bonds. The van der Waals surface area contributed by atoms with Crippen molar-refractivity contribution >= 4 is 5.97 Å². The van der Waals surface area contributed by atoms with Crippen LogP contribution in [0.25, 0.3) is 0 Å². The van der Waals surface area contributed by atoms with Crippen molar-refractivity contribution in [2.24, 2.45) is 0 Å². The molecule has 0 bridgehead atoms. The van der Waals surface area contributed by atoms with E-state index in [0.29, 0.717) is 5.57 Å². The molecule has 0 saturated heterocycles. The highest BCUT2D eigenvalue weighted by atomic mass is 16.4. The van der Waals surface area contributed by atoms with E-state index in [2.05, 4.69) is 12.1 Å². The van der Waals surface area contributed by atoms with Gasteiger partial charge in [0.2, 0.25) is 0 Å². The molecule has 0 spiro atoms. The lowest BCUT2D eigenvalue weighted by Gasteiger charge is -2.14. The van der Waals surface area contributed by atoms with Crippen LogP contribution in [-0.4, -0.2) is 11.1 Å². The summed E-state index contributed by atoms with van der Waals surface area (Å²) in [4.78, 5) is 11.1. The van der Waals surface area contributed by atoms with Crippen LogP contribution in [0.15, 0.2) is 72.3 Å². The van der Waals surface area contributed by atoms with Crippen molar-refractivity contribution in [3.63, 3.8) is 0 Å². The summed E-state index contributed by atoms with van der Waals surface area (Å²) in [6.07, 6.45) is 2.64. The molecule has 2 aromatic rings. The number of benzene rings is 2. The Morgan fingerprint density at radius 1 is 1.05 bits per heavy atom. The van der Waals surface area contributed by atoms with Gasteiger partial charge in [0.15, 0.2) is 0 Å². The third kappa shape index (κ3) is 3.82. The van der Waals surface area contributed by atoms with Gasteiger partial charge in [-0.3, -0.25) is 0 Å². The fourth-order valence-electron chi connectivity index (χ4n) is 2.21. The molecular formula is C18H18O2. The summed E-state index contributed by atoms with van der Waals surface area (Å²) in [6, 6.07) is 20.2. The van der Waals surface area contributed by atoms with Crippen LogP contribution in [-0.2, 0) is 11.2 Å². The molecular weight excluding hydrogens is 248 g/mol. The third-order valence-electron chi connectivity index (χ3n) is 3.31. The molecule has 0 aromatic heterocycles. The molecule has 0 radical (unpaired) electrons. The minimum atomic E-state index is -0.862. The van der Waals surface area contributed by atoms with E-state index in [1.54, 1.807) is 6.92 Å². The van der Waals surface area contributed by atoms with Gasteiger partial charge >= 0.3 is 5.97 Å². The lowest BCUT2D eigenvalue weighted by atomic mass is 9.90. The lowest BCUT2D eigenvalue weighted by Crippen LogP contribution is -2.04. The van der Waals surface area contributed by atoms with Gasteiger partial charge < -0.3 is 5.11 Å². The second-order valence-corrected chi connectivity index (χ2v) is 4.86. The molecule has 0 aliphatic rings. The molecule has 0 saturated carbocycles. The molecule has 0 heterocycles. The van der Waals surface area contributed by atoms with E-state index in [-0.39, 0.29) is 5.92 Å². The first kappa shape index (κ1) is 14.1. The highest BCUT2D eigenvalue weighted by Gasteiger charge is 2.12. The predicted octanol–water partition coefficient (Wildman–Crippen LogP) is 4.04. The Bertz CT molecular complexity index is 585. The third-order valence-corrected chi connectivity index (χ3v) is 3.31. The van der Waals surface area contributed by atoms with Crippen molar-refractivity contribution in [1.82, 2.24) is 0 Å². The van der Waals surface area contributed by atoms with Gasteiger partial charge in [0.1, 0.15) is 0 Å². The summed E-state index contributed by atoms with van der Waals surface area (Å²) >= 11 is 0. The van der Waals surface area contributed by atoms with Gasteiger partial charge in [0.05, 0.1) is 0 Å². The zero-order valence-corrected chi connectivity index (χ0v) is 11.5. The van der Waals surface area contributed by atoms with Gasteiger partial charge in [-0.15, -0.1) is 0 Å². The monoisotopic (exact) mass is 266 g/mol. The van der Waals surface area contributed by atoms with Crippen LogP contribution in [0.1, 0.15) is 24.0 Å². The van der Waals surface area contributed by atoms with E-state index in [0.717, 1.165) is 12.0 Å². The number of carbonyl (C=O) groups is 1. The molecule has 1 atom stereocenters.